The first kappa shape index (κ1) is 19.2. The summed E-state index contributed by atoms with van der Waals surface area (Å²) in [6, 6.07) is 5.92. The van der Waals surface area contributed by atoms with Crippen molar-refractivity contribution in [2.75, 3.05) is 6.54 Å². The van der Waals surface area contributed by atoms with E-state index in [1.807, 2.05) is 38.4 Å². The molecule has 1 amide bonds. The fourth-order valence-corrected chi connectivity index (χ4v) is 4.04. The molecule has 0 aromatic carbocycles. The Morgan fingerprint density at radius 2 is 2.00 bits per heavy atom. The number of aryl methyl sites for hydroxylation is 2. The zero-order valence-corrected chi connectivity index (χ0v) is 16.9. The van der Waals surface area contributed by atoms with Crippen molar-refractivity contribution in [2.24, 2.45) is 13.0 Å². The summed E-state index contributed by atoms with van der Waals surface area (Å²) in [5.74, 6) is 1.64. The van der Waals surface area contributed by atoms with E-state index in [9.17, 15) is 4.79 Å². The molecular formula is C22H26N6O. The fraction of sp³-hybridized carbons (Fsp3) is 0.409. The van der Waals surface area contributed by atoms with Crippen LogP contribution in [0.2, 0.25) is 0 Å². The quantitative estimate of drug-likeness (QED) is 0.722. The lowest BCUT2D eigenvalue weighted by atomic mass is 9.79. The number of carbonyl (C=O) groups excluding carboxylic acids is 1. The standard InChI is InChI=1S/C22H26N6O/c1-15-24-13-19(20-5-3-4-10-23-20)21(27-15)17-8-6-16(7-9-17)11-25-22(29)18-12-26-28(2)14-18/h3-5,10,12-14,16-17H,6-9,11H2,1-2H3,(H,25,29). The molecule has 29 heavy (non-hydrogen) atoms. The average molecular weight is 390 g/mol. The number of hydrogen-bond donors (Lipinski definition) is 1. The average Bonchev–Trinajstić information content (AvgIpc) is 3.19. The third-order valence-electron chi connectivity index (χ3n) is 5.63. The molecule has 4 rings (SSSR count). The van der Waals surface area contributed by atoms with Gasteiger partial charge in [-0.2, -0.15) is 5.10 Å². The van der Waals surface area contributed by atoms with Crippen LogP contribution in [0.5, 0.6) is 0 Å². The van der Waals surface area contributed by atoms with Crippen LogP contribution in [0, 0.1) is 12.8 Å². The van der Waals surface area contributed by atoms with Crippen molar-refractivity contribution in [2.45, 2.75) is 38.5 Å². The van der Waals surface area contributed by atoms with Crippen LogP contribution in [0.1, 0.15) is 53.5 Å². The summed E-state index contributed by atoms with van der Waals surface area (Å²) < 4.78 is 1.64. The van der Waals surface area contributed by atoms with E-state index in [4.69, 9.17) is 4.98 Å². The number of pyridine rings is 1. The van der Waals surface area contributed by atoms with Gasteiger partial charge in [0.1, 0.15) is 5.82 Å². The molecule has 0 atom stereocenters. The fourth-order valence-electron chi connectivity index (χ4n) is 4.04. The maximum absolute atomic E-state index is 12.2. The predicted molar refractivity (Wildman–Crippen MR) is 110 cm³/mol. The first-order valence-electron chi connectivity index (χ1n) is 10.1. The molecule has 0 aliphatic heterocycles. The molecule has 7 nitrogen and oxygen atoms in total. The molecule has 1 aliphatic carbocycles. The molecule has 1 N–H and O–H groups in total. The van der Waals surface area contributed by atoms with E-state index < -0.39 is 0 Å². The molecule has 0 bridgehead atoms. The highest BCUT2D eigenvalue weighted by Gasteiger charge is 2.26. The largest absolute Gasteiger partial charge is 0.352 e. The molecular weight excluding hydrogens is 364 g/mol. The van der Waals surface area contributed by atoms with E-state index in [2.05, 4.69) is 20.4 Å². The third kappa shape index (κ3) is 4.50. The number of rotatable bonds is 5. The molecule has 3 aromatic heterocycles. The molecule has 7 heteroatoms. The Hall–Kier alpha value is -3.09. The topological polar surface area (TPSA) is 85.6 Å². The van der Waals surface area contributed by atoms with Crippen LogP contribution in [0.15, 0.2) is 43.0 Å². The van der Waals surface area contributed by atoms with Gasteiger partial charge in [0.05, 0.1) is 23.1 Å². The highest BCUT2D eigenvalue weighted by atomic mass is 16.1. The molecule has 3 aromatic rings. The van der Waals surface area contributed by atoms with E-state index in [1.54, 1.807) is 23.3 Å². The van der Waals surface area contributed by atoms with Gasteiger partial charge >= 0.3 is 0 Å². The minimum atomic E-state index is -0.0518. The zero-order chi connectivity index (χ0) is 20.2. The van der Waals surface area contributed by atoms with Gasteiger partial charge in [-0.25, -0.2) is 9.97 Å². The minimum absolute atomic E-state index is 0.0518. The van der Waals surface area contributed by atoms with E-state index in [-0.39, 0.29) is 5.91 Å². The molecule has 1 saturated carbocycles. The number of nitrogens with zero attached hydrogens (tertiary/aromatic N) is 5. The van der Waals surface area contributed by atoms with Crippen LogP contribution in [-0.4, -0.2) is 37.2 Å². The first-order chi connectivity index (χ1) is 14.1. The van der Waals surface area contributed by atoms with Crippen LogP contribution >= 0.6 is 0 Å². The molecule has 1 fully saturated rings. The van der Waals surface area contributed by atoms with Crippen molar-refractivity contribution in [1.82, 2.24) is 30.0 Å². The lowest BCUT2D eigenvalue weighted by Crippen LogP contribution is -2.31. The monoisotopic (exact) mass is 390 g/mol. The Bertz CT molecular complexity index is 976. The SMILES string of the molecule is Cc1ncc(-c2ccccn2)c(C2CCC(CNC(=O)c3cnn(C)c3)CC2)n1. The number of aromatic nitrogens is 5. The van der Waals surface area contributed by atoms with Gasteiger partial charge in [0, 0.05) is 43.7 Å². The van der Waals surface area contributed by atoms with E-state index in [0.717, 1.165) is 48.5 Å². The van der Waals surface area contributed by atoms with Crippen molar-refractivity contribution in [1.29, 1.82) is 0 Å². The first-order valence-corrected chi connectivity index (χ1v) is 10.1. The van der Waals surface area contributed by atoms with E-state index >= 15 is 0 Å². The van der Waals surface area contributed by atoms with Crippen LogP contribution in [0.3, 0.4) is 0 Å². The summed E-state index contributed by atoms with van der Waals surface area (Å²) in [5.41, 5.74) is 3.67. The predicted octanol–water partition coefficient (Wildman–Crippen LogP) is 3.28. The second kappa shape index (κ2) is 8.51. The summed E-state index contributed by atoms with van der Waals surface area (Å²) >= 11 is 0. The Morgan fingerprint density at radius 1 is 1.17 bits per heavy atom. The van der Waals surface area contributed by atoms with Crippen molar-refractivity contribution in [3.8, 4) is 11.3 Å². The van der Waals surface area contributed by atoms with Crippen molar-refractivity contribution in [3.63, 3.8) is 0 Å². The maximum atomic E-state index is 12.2. The lowest BCUT2D eigenvalue weighted by molar-refractivity contribution is 0.0942. The second-order valence-electron chi connectivity index (χ2n) is 7.76. The summed E-state index contributed by atoms with van der Waals surface area (Å²) in [6.07, 6.45) is 11.3. The van der Waals surface area contributed by atoms with Crippen LogP contribution in [0.25, 0.3) is 11.3 Å². The molecule has 0 saturated heterocycles. The second-order valence-corrected chi connectivity index (χ2v) is 7.76. The van der Waals surface area contributed by atoms with Crippen molar-refractivity contribution >= 4 is 5.91 Å². The molecule has 3 heterocycles. The Morgan fingerprint density at radius 3 is 2.69 bits per heavy atom. The number of hydrogen-bond acceptors (Lipinski definition) is 5. The van der Waals surface area contributed by atoms with Crippen molar-refractivity contribution < 1.29 is 4.79 Å². The van der Waals surface area contributed by atoms with Gasteiger partial charge in [0.15, 0.2) is 0 Å². The van der Waals surface area contributed by atoms with Gasteiger partial charge in [-0.1, -0.05) is 6.07 Å². The highest BCUT2D eigenvalue weighted by molar-refractivity contribution is 5.93. The van der Waals surface area contributed by atoms with Gasteiger partial charge in [0.25, 0.3) is 5.91 Å². The summed E-state index contributed by atoms with van der Waals surface area (Å²) in [5, 5.41) is 7.11. The lowest BCUT2D eigenvalue weighted by Gasteiger charge is -2.29. The highest BCUT2D eigenvalue weighted by Crippen LogP contribution is 2.38. The molecule has 150 valence electrons. The van der Waals surface area contributed by atoms with Crippen molar-refractivity contribution in [3.05, 3.63) is 60.1 Å². The molecule has 0 spiro atoms. The van der Waals surface area contributed by atoms with Gasteiger partial charge < -0.3 is 5.32 Å². The van der Waals surface area contributed by atoms with Gasteiger partial charge in [0.2, 0.25) is 0 Å². The Labute approximate surface area is 170 Å². The third-order valence-corrected chi connectivity index (χ3v) is 5.63. The summed E-state index contributed by atoms with van der Waals surface area (Å²) in [6.45, 7) is 2.64. The normalized spacial score (nSPS) is 19.1. The Balaban J connectivity index is 1.39. The molecule has 0 unspecified atom stereocenters. The van der Waals surface area contributed by atoms with Crippen LogP contribution in [-0.2, 0) is 7.05 Å². The van der Waals surface area contributed by atoms with Gasteiger partial charge in [-0.15, -0.1) is 0 Å². The van der Waals surface area contributed by atoms with E-state index in [1.165, 1.54) is 0 Å². The zero-order valence-electron chi connectivity index (χ0n) is 16.9. The maximum Gasteiger partial charge on any atom is 0.254 e. The van der Waals surface area contributed by atoms with Crippen LogP contribution < -0.4 is 5.32 Å². The van der Waals surface area contributed by atoms with Gasteiger partial charge in [-0.05, 0) is 50.7 Å². The number of amides is 1. The van der Waals surface area contributed by atoms with Gasteiger partial charge in [-0.3, -0.25) is 14.5 Å². The van der Waals surface area contributed by atoms with E-state index in [0.29, 0.717) is 23.9 Å². The molecule has 1 aliphatic rings. The summed E-state index contributed by atoms with van der Waals surface area (Å²) in [7, 11) is 1.81. The van der Waals surface area contributed by atoms with Crippen LogP contribution in [0.4, 0.5) is 0 Å². The summed E-state index contributed by atoms with van der Waals surface area (Å²) in [4.78, 5) is 25.9. The smallest absolute Gasteiger partial charge is 0.254 e. The number of carbonyl (C=O) groups is 1. The molecule has 0 radical (unpaired) electrons. The minimum Gasteiger partial charge on any atom is -0.352 e. The Kier molecular flexibility index (Phi) is 5.64. The number of nitrogens with one attached hydrogen (secondary N) is 1.